The normalized spacial score (nSPS) is 18.9. The van der Waals surface area contributed by atoms with E-state index in [9.17, 15) is 18.0 Å². The van der Waals surface area contributed by atoms with Crippen LogP contribution in [0.3, 0.4) is 0 Å². The van der Waals surface area contributed by atoms with Crippen LogP contribution < -0.4 is 15.5 Å². The van der Waals surface area contributed by atoms with Crippen LogP contribution in [0.1, 0.15) is 28.7 Å². The van der Waals surface area contributed by atoms with Gasteiger partial charge in [0.05, 0.1) is 30.4 Å². The van der Waals surface area contributed by atoms with E-state index in [-0.39, 0.29) is 29.1 Å². The quantitative estimate of drug-likeness (QED) is 0.847. The van der Waals surface area contributed by atoms with Crippen LogP contribution in [-0.4, -0.2) is 42.7 Å². The van der Waals surface area contributed by atoms with E-state index in [1.165, 1.54) is 11.8 Å². The second kappa shape index (κ2) is 6.36. The summed E-state index contributed by atoms with van der Waals surface area (Å²) in [5, 5.41) is 6.88. The van der Waals surface area contributed by atoms with E-state index >= 15 is 0 Å². The standard InChI is InChI=1S/C15H17N3O6S/c1-9-5-14(18(17-9)10-3-4-25(21,22)8-10)16-15(20)12-6-11(19)13(23-2)7-24-12/h5-7,10H,3-4,8H2,1-2H3,(H,16,20)/t10-/m0/s1. The molecule has 1 saturated heterocycles. The third-order valence-corrected chi connectivity index (χ3v) is 5.65. The fraction of sp³-hybridized carbons (Fsp3) is 0.400. The molecule has 1 fully saturated rings. The van der Waals surface area contributed by atoms with Gasteiger partial charge in [0.15, 0.2) is 15.6 Å². The molecule has 1 N–H and O–H groups in total. The molecule has 10 heteroatoms. The number of carbonyl (C=O) groups excluding carboxylic acids is 1. The molecule has 3 rings (SSSR count). The van der Waals surface area contributed by atoms with Gasteiger partial charge in [-0.2, -0.15) is 5.10 Å². The van der Waals surface area contributed by atoms with E-state index in [0.717, 1.165) is 12.3 Å². The molecule has 2 aromatic heterocycles. The lowest BCUT2D eigenvalue weighted by Gasteiger charge is -2.13. The van der Waals surface area contributed by atoms with Crippen molar-refractivity contribution in [3.8, 4) is 5.75 Å². The van der Waals surface area contributed by atoms with Gasteiger partial charge in [-0.1, -0.05) is 0 Å². The number of aromatic nitrogens is 2. The van der Waals surface area contributed by atoms with E-state index in [4.69, 9.17) is 9.15 Å². The first-order valence-electron chi connectivity index (χ1n) is 7.54. The second-order valence-electron chi connectivity index (χ2n) is 5.80. The molecule has 25 heavy (non-hydrogen) atoms. The maximum absolute atomic E-state index is 12.3. The van der Waals surface area contributed by atoms with Crippen LogP contribution in [0.2, 0.25) is 0 Å². The number of amides is 1. The van der Waals surface area contributed by atoms with Crippen LogP contribution in [-0.2, 0) is 9.84 Å². The third kappa shape index (κ3) is 3.58. The predicted octanol–water partition coefficient (Wildman–Crippen LogP) is 0.765. The van der Waals surface area contributed by atoms with Crippen LogP contribution in [0.4, 0.5) is 5.82 Å². The van der Waals surface area contributed by atoms with Crippen LogP contribution in [0, 0.1) is 6.92 Å². The molecule has 0 saturated carbocycles. The maximum atomic E-state index is 12.3. The van der Waals surface area contributed by atoms with Gasteiger partial charge >= 0.3 is 0 Å². The number of carbonyl (C=O) groups is 1. The Morgan fingerprint density at radius 1 is 1.44 bits per heavy atom. The highest BCUT2D eigenvalue weighted by Gasteiger charge is 2.31. The highest BCUT2D eigenvalue weighted by molar-refractivity contribution is 7.91. The molecule has 134 valence electrons. The summed E-state index contributed by atoms with van der Waals surface area (Å²) >= 11 is 0. The Hall–Kier alpha value is -2.62. The van der Waals surface area contributed by atoms with E-state index in [0.29, 0.717) is 17.9 Å². The minimum absolute atomic E-state index is 0.00593. The predicted molar refractivity (Wildman–Crippen MR) is 88.8 cm³/mol. The van der Waals surface area contributed by atoms with E-state index in [1.807, 2.05) is 0 Å². The van der Waals surface area contributed by atoms with Crippen LogP contribution in [0.5, 0.6) is 5.75 Å². The summed E-state index contributed by atoms with van der Waals surface area (Å²) in [6, 6.07) is 2.32. The summed E-state index contributed by atoms with van der Waals surface area (Å²) in [4.78, 5) is 24.1. The van der Waals surface area contributed by atoms with Crippen LogP contribution in [0.25, 0.3) is 0 Å². The average Bonchev–Trinajstić information content (AvgIpc) is 3.09. The number of methoxy groups -OCH3 is 1. The molecule has 2 aromatic rings. The number of hydrogen-bond donors (Lipinski definition) is 1. The molecular weight excluding hydrogens is 350 g/mol. The molecule has 3 heterocycles. The number of anilines is 1. The summed E-state index contributed by atoms with van der Waals surface area (Å²) < 4.78 is 34.8. The van der Waals surface area contributed by atoms with Gasteiger partial charge in [0.1, 0.15) is 12.1 Å². The number of nitrogens with zero attached hydrogens (tertiary/aromatic N) is 2. The molecule has 1 amide bonds. The van der Waals surface area contributed by atoms with Crippen molar-refractivity contribution in [1.29, 1.82) is 0 Å². The van der Waals surface area contributed by atoms with Crippen molar-refractivity contribution in [3.05, 3.63) is 40.1 Å². The number of nitrogens with one attached hydrogen (secondary N) is 1. The molecule has 1 atom stereocenters. The Morgan fingerprint density at radius 3 is 2.80 bits per heavy atom. The third-order valence-electron chi connectivity index (χ3n) is 3.90. The lowest BCUT2D eigenvalue weighted by Crippen LogP contribution is -2.20. The van der Waals surface area contributed by atoms with Gasteiger partial charge in [-0.3, -0.25) is 9.59 Å². The van der Waals surface area contributed by atoms with E-state index in [1.54, 1.807) is 13.0 Å². The Kier molecular flexibility index (Phi) is 4.38. The Balaban J connectivity index is 1.85. The second-order valence-corrected chi connectivity index (χ2v) is 8.03. The Morgan fingerprint density at radius 2 is 2.20 bits per heavy atom. The summed E-state index contributed by atoms with van der Waals surface area (Å²) in [6.45, 7) is 1.74. The van der Waals surface area contributed by atoms with Gasteiger partial charge in [-0.05, 0) is 13.3 Å². The van der Waals surface area contributed by atoms with Crippen LogP contribution >= 0.6 is 0 Å². The highest BCUT2D eigenvalue weighted by atomic mass is 32.2. The molecule has 0 bridgehead atoms. The molecule has 0 unspecified atom stereocenters. The van der Waals surface area contributed by atoms with Crippen molar-refractivity contribution in [2.75, 3.05) is 23.9 Å². The number of ether oxygens (including phenoxy) is 1. The minimum atomic E-state index is -3.09. The summed E-state index contributed by atoms with van der Waals surface area (Å²) in [6.07, 6.45) is 1.49. The minimum Gasteiger partial charge on any atom is -0.490 e. The highest BCUT2D eigenvalue weighted by Crippen LogP contribution is 2.27. The number of rotatable bonds is 4. The van der Waals surface area contributed by atoms with Gasteiger partial charge in [0.25, 0.3) is 5.91 Å². The van der Waals surface area contributed by atoms with Gasteiger partial charge in [0.2, 0.25) is 11.2 Å². The zero-order valence-corrected chi connectivity index (χ0v) is 14.5. The SMILES string of the molecule is COc1coc(C(=O)Nc2cc(C)nn2[C@H]2CCS(=O)(=O)C2)cc1=O. The average molecular weight is 367 g/mol. The molecule has 0 aliphatic carbocycles. The molecular formula is C15H17N3O6S. The molecule has 0 aromatic carbocycles. The first-order chi connectivity index (χ1) is 11.8. The number of sulfone groups is 1. The lowest BCUT2D eigenvalue weighted by atomic mass is 10.3. The van der Waals surface area contributed by atoms with Crippen molar-refractivity contribution in [2.24, 2.45) is 0 Å². The fourth-order valence-corrected chi connectivity index (χ4v) is 4.39. The molecule has 9 nitrogen and oxygen atoms in total. The first kappa shape index (κ1) is 17.2. The van der Waals surface area contributed by atoms with Crippen molar-refractivity contribution in [3.63, 3.8) is 0 Å². The van der Waals surface area contributed by atoms with Gasteiger partial charge in [-0.15, -0.1) is 0 Å². The maximum Gasteiger partial charge on any atom is 0.292 e. The molecule has 1 aliphatic rings. The monoisotopic (exact) mass is 367 g/mol. The van der Waals surface area contributed by atoms with Gasteiger partial charge < -0.3 is 14.5 Å². The molecule has 0 spiro atoms. The smallest absolute Gasteiger partial charge is 0.292 e. The fourth-order valence-electron chi connectivity index (χ4n) is 2.70. The van der Waals surface area contributed by atoms with Crippen molar-refractivity contribution in [1.82, 2.24) is 9.78 Å². The van der Waals surface area contributed by atoms with Crippen LogP contribution in [0.15, 0.2) is 27.6 Å². The number of hydrogen-bond acceptors (Lipinski definition) is 7. The van der Waals surface area contributed by atoms with Crippen molar-refractivity contribution in [2.45, 2.75) is 19.4 Å². The zero-order valence-electron chi connectivity index (χ0n) is 13.7. The largest absolute Gasteiger partial charge is 0.490 e. The first-order valence-corrected chi connectivity index (χ1v) is 9.36. The number of aryl methyl sites for hydroxylation is 1. The zero-order chi connectivity index (χ0) is 18.2. The summed E-state index contributed by atoms with van der Waals surface area (Å²) in [5.41, 5.74) is 0.154. The van der Waals surface area contributed by atoms with Gasteiger partial charge in [-0.25, -0.2) is 13.1 Å². The Bertz CT molecular complexity index is 975. The van der Waals surface area contributed by atoms with E-state index in [2.05, 4.69) is 10.4 Å². The van der Waals surface area contributed by atoms with E-state index < -0.39 is 21.2 Å². The van der Waals surface area contributed by atoms with Gasteiger partial charge in [0, 0.05) is 12.1 Å². The topological polar surface area (TPSA) is 120 Å². The summed E-state index contributed by atoms with van der Waals surface area (Å²) in [7, 11) is -1.77. The molecule has 0 radical (unpaired) electrons. The Labute approximate surface area is 143 Å². The van der Waals surface area contributed by atoms with Crippen molar-refractivity contribution < 1.29 is 22.4 Å². The molecule has 1 aliphatic heterocycles. The lowest BCUT2D eigenvalue weighted by molar-refractivity contribution is 0.0992. The summed E-state index contributed by atoms with van der Waals surface area (Å²) in [5.74, 6) is -0.403. The van der Waals surface area contributed by atoms with Crippen molar-refractivity contribution >= 4 is 21.6 Å².